The van der Waals surface area contributed by atoms with Gasteiger partial charge in [0.1, 0.15) is 11.5 Å². The molecule has 0 fully saturated rings. The molecular formula is C23H18F3N5O2. The maximum absolute atomic E-state index is 13.0. The number of nitrogens with zero attached hydrogens (tertiary/aromatic N) is 2. The van der Waals surface area contributed by atoms with Crippen LogP contribution in [-0.4, -0.2) is 21.2 Å². The number of alkyl halides is 3. The lowest BCUT2D eigenvalue weighted by Gasteiger charge is -2.11. The maximum Gasteiger partial charge on any atom is 0.434 e. The first-order chi connectivity index (χ1) is 15.7. The summed E-state index contributed by atoms with van der Waals surface area (Å²) in [7, 11) is 0. The summed E-state index contributed by atoms with van der Waals surface area (Å²) in [5, 5.41) is 8.43. The van der Waals surface area contributed by atoms with E-state index < -0.39 is 11.9 Å². The minimum absolute atomic E-state index is 0.165. The third kappa shape index (κ3) is 5.12. The van der Waals surface area contributed by atoms with Gasteiger partial charge in [-0.15, -0.1) is 0 Å². The molecule has 0 saturated carbocycles. The molecule has 10 heteroatoms. The molecule has 2 aromatic carbocycles. The molecule has 0 saturated heterocycles. The summed E-state index contributed by atoms with van der Waals surface area (Å²) in [4.78, 5) is 27.3. The Balaban J connectivity index is 1.48. The number of imidazole rings is 1. The highest BCUT2D eigenvalue weighted by molar-refractivity contribution is 6.05. The number of nitrogens with one attached hydrogen (secondary N) is 3. The molecule has 0 aliphatic heterocycles. The van der Waals surface area contributed by atoms with Gasteiger partial charge in [-0.1, -0.05) is 12.1 Å². The van der Waals surface area contributed by atoms with Gasteiger partial charge in [-0.3, -0.25) is 14.0 Å². The molecule has 168 valence electrons. The van der Waals surface area contributed by atoms with E-state index in [-0.39, 0.29) is 17.5 Å². The maximum atomic E-state index is 13.0. The number of carbonyl (C=O) groups is 2. The number of pyridine rings is 1. The van der Waals surface area contributed by atoms with E-state index in [0.717, 1.165) is 6.20 Å². The van der Waals surface area contributed by atoms with Gasteiger partial charge in [0.05, 0.1) is 0 Å². The smallest absolute Gasteiger partial charge is 0.341 e. The van der Waals surface area contributed by atoms with Crippen molar-refractivity contribution >= 4 is 40.3 Å². The average Bonchev–Trinajstić information content (AvgIpc) is 3.21. The summed E-state index contributed by atoms with van der Waals surface area (Å²) >= 11 is 0. The Bertz CT molecular complexity index is 1330. The van der Waals surface area contributed by atoms with Crippen molar-refractivity contribution in [2.75, 3.05) is 16.0 Å². The van der Waals surface area contributed by atoms with Crippen molar-refractivity contribution in [1.82, 2.24) is 9.38 Å². The molecule has 0 bridgehead atoms. The van der Waals surface area contributed by atoms with Crippen molar-refractivity contribution in [3.05, 3.63) is 84.2 Å². The molecule has 4 rings (SSSR count). The highest BCUT2D eigenvalue weighted by atomic mass is 19.4. The fourth-order valence-corrected chi connectivity index (χ4v) is 3.18. The van der Waals surface area contributed by atoms with Crippen molar-refractivity contribution in [3.8, 4) is 0 Å². The number of halogens is 3. The second-order valence-electron chi connectivity index (χ2n) is 7.18. The van der Waals surface area contributed by atoms with E-state index >= 15 is 0 Å². The molecular weight excluding hydrogens is 435 g/mol. The number of amides is 2. The fraction of sp³-hybridized carbons (Fsp3) is 0.0870. The third-order valence-corrected chi connectivity index (χ3v) is 4.64. The number of anilines is 4. The summed E-state index contributed by atoms with van der Waals surface area (Å²) < 4.78 is 40.3. The van der Waals surface area contributed by atoms with Gasteiger partial charge in [0.15, 0.2) is 5.69 Å². The average molecular weight is 453 g/mol. The van der Waals surface area contributed by atoms with Gasteiger partial charge in [-0.25, -0.2) is 4.98 Å². The lowest BCUT2D eigenvalue weighted by Crippen LogP contribution is -2.13. The van der Waals surface area contributed by atoms with Crippen LogP contribution in [0.15, 0.2) is 72.9 Å². The monoisotopic (exact) mass is 453 g/mol. The SMILES string of the molecule is CC(=O)Nc1cccc(C(=O)Nc2ccc(Nc3cccc4nc(C(F)(F)F)cn34)cc2)c1. The number of hydrogen-bond donors (Lipinski definition) is 3. The van der Waals surface area contributed by atoms with E-state index in [9.17, 15) is 22.8 Å². The van der Waals surface area contributed by atoms with Crippen LogP contribution in [0.1, 0.15) is 23.0 Å². The first kappa shape index (κ1) is 21.9. The summed E-state index contributed by atoms with van der Waals surface area (Å²) in [6, 6.07) is 17.9. The number of carbonyl (C=O) groups excluding carboxylic acids is 2. The molecule has 2 heterocycles. The molecule has 7 nitrogen and oxygen atoms in total. The van der Waals surface area contributed by atoms with E-state index in [1.807, 2.05) is 0 Å². The van der Waals surface area contributed by atoms with Gasteiger partial charge in [-0.05, 0) is 54.6 Å². The Hall–Kier alpha value is -4.34. The van der Waals surface area contributed by atoms with E-state index in [4.69, 9.17) is 0 Å². The number of benzene rings is 2. The van der Waals surface area contributed by atoms with Crippen LogP contribution in [0.2, 0.25) is 0 Å². The first-order valence-electron chi connectivity index (χ1n) is 9.80. The lowest BCUT2D eigenvalue weighted by molar-refractivity contribution is -0.140. The number of fused-ring (bicyclic) bond motifs is 1. The minimum Gasteiger partial charge on any atom is -0.341 e. The Morgan fingerprint density at radius 2 is 1.58 bits per heavy atom. The van der Waals surface area contributed by atoms with Crippen molar-refractivity contribution in [2.24, 2.45) is 0 Å². The van der Waals surface area contributed by atoms with Crippen LogP contribution in [0.4, 0.5) is 36.1 Å². The molecule has 2 aromatic heterocycles. The zero-order valence-corrected chi connectivity index (χ0v) is 17.3. The molecule has 2 amide bonds. The van der Waals surface area contributed by atoms with E-state index in [0.29, 0.717) is 28.4 Å². The second-order valence-corrected chi connectivity index (χ2v) is 7.18. The Morgan fingerprint density at radius 1 is 0.879 bits per heavy atom. The Morgan fingerprint density at radius 3 is 2.27 bits per heavy atom. The van der Waals surface area contributed by atoms with Gasteiger partial charge < -0.3 is 16.0 Å². The molecule has 0 spiro atoms. The first-order valence-corrected chi connectivity index (χ1v) is 9.80. The molecule has 0 aliphatic carbocycles. The number of hydrogen-bond acceptors (Lipinski definition) is 4. The van der Waals surface area contributed by atoms with Gasteiger partial charge in [0, 0.05) is 35.7 Å². The summed E-state index contributed by atoms with van der Waals surface area (Å²) in [6.45, 7) is 1.38. The topological polar surface area (TPSA) is 87.5 Å². The number of aromatic nitrogens is 2. The second kappa shape index (κ2) is 8.65. The van der Waals surface area contributed by atoms with Crippen molar-refractivity contribution in [3.63, 3.8) is 0 Å². The quantitative estimate of drug-likeness (QED) is 0.382. The zero-order valence-electron chi connectivity index (χ0n) is 17.3. The van der Waals surface area contributed by atoms with Crippen LogP contribution in [0.3, 0.4) is 0 Å². The lowest BCUT2D eigenvalue weighted by atomic mass is 10.1. The summed E-state index contributed by atoms with van der Waals surface area (Å²) in [5.74, 6) is -0.190. The van der Waals surface area contributed by atoms with Crippen LogP contribution in [-0.2, 0) is 11.0 Å². The summed E-state index contributed by atoms with van der Waals surface area (Å²) in [6.07, 6.45) is -3.61. The Kier molecular flexibility index (Phi) is 5.74. The zero-order chi connectivity index (χ0) is 23.6. The predicted octanol–water partition coefficient (Wildman–Crippen LogP) is 5.31. The van der Waals surface area contributed by atoms with E-state index in [1.165, 1.54) is 17.4 Å². The molecule has 33 heavy (non-hydrogen) atoms. The van der Waals surface area contributed by atoms with Crippen LogP contribution in [0.25, 0.3) is 5.65 Å². The molecule has 3 N–H and O–H groups in total. The van der Waals surface area contributed by atoms with Crippen LogP contribution in [0.5, 0.6) is 0 Å². The number of rotatable bonds is 5. The van der Waals surface area contributed by atoms with Crippen molar-refractivity contribution < 1.29 is 22.8 Å². The standard InChI is InChI=1S/C23H18F3N5O2/c1-14(32)27-18-5-2-4-15(12-18)22(33)29-17-10-8-16(9-11-17)28-20-6-3-7-21-30-19(13-31(20)21)23(24,25)26/h2-13,28H,1H3,(H,27,32)(H,29,33). The highest BCUT2D eigenvalue weighted by Crippen LogP contribution is 2.30. The Labute approximate surface area is 186 Å². The minimum atomic E-state index is -4.54. The molecule has 4 aromatic rings. The van der Waals surface area contributed by atoms with Crippen molar-refractivity contribution in [1.29, 1.82) is 0 Å². The molecule has 0 atom stereocenters. The van der Waals surface area contributed by atoms with Gasteiger partial charge in [0.2, 0.25) is 5.91 Å². The highest BCUT2D eigenvalue weighted by Gasteiger charge is 2.34. The normalized spacial score (nSPS) is 11.3. The van der Waals surface area contributed by atoms with Crippen LogP contribution in [0, 0.1) is 0 Å². The predicted molar refractivity (Wildman–Crippen MR) is 119 cm³/mol. The van der Waals surface area contributed by atoms with Gasteiger partial charge >= 0.3 is 6.18 Å². The van der Waals surface area contributed by atoms with Crippen LogP contribution >= 0.6 is 0 Å². The van der Waals surface area contributed by atoms with Crippen LogP contribution < -0.4 is 16.0 Å². The molecule has 0 radical (unpaired) electrons. The third-order valence-electron chi connectivity index (χ3n) is 4.64. The van der Waals surface area contributed by atoms with E-state index in [2.05, 4.69) is 20.9 Å². The molecule has 0 aliphatic rings. The van der Waals surface area contributed by atoms with Crippen molar-refractivity contribution in [2.45, 2.75) is 13.1 Å². The fourth-order valence-electron chi connectivity index (χ4n) is 3.18. The largest absolute Gasteiger partial charge is 0.434 e. The van der Waals surface area contributed by atoms with Gasteiger partial charge in [0.25, 0.3) is 5.91 Å². The van der Waals surface area contributed by atoms with E-state index in [1.54, 1.807) is 60.7 Å². The summed E-state index contributed by atoms with van der Waals surface area (Å²) in [5.41, 5.74) is 1.20. The molecule has 0 unspecified atom stereocenters. The van der Waals surface area contributed by atoms with Gasteiger partial charge in [-0.2, -0.15) is 13.2 Å².